The van der Waals surface area contributed by atoms with Gasteiger partial charge < -0.3 is 5.11 Å². The zero-order valence-electron chi connectivity index (χ0n) is 8.09. The lowest BCUT2D eigenvalue weighted by Gasteiger charge is -2.06. The van der Waals surface area contributed by atoms with Crippen molar-refractivity contribution in [1.82, 2.24) is 9.97 Å². The van der Waals surface area contributed by atoms with Gasteiger partial charge in [0.1, 0.15) is 0 Å². The number of hydrogen-bond acceptors (Lipinski definition) is 3. The number of pyridine rings is 2. The molecule has 16 heavy (non-hydrogen) atoms. The molecule has 5 heteroatoms. The smallest absolute Gasteiger partial charge is 0.337 e. The van der Waals surface area contributed by atoms with Gasteiger partial charge in [-0.2, -0.15) is 0 Å². The summed E-state index contributed by atoms with van der Waals surface area (Å²) in [7, 11) is 0. The predicted octanol–water partition coefficient (Wildman–Crippen LogP) is 2.60. The summed E-state index contributed by atoms with van der Waals surface area (Å²) in [5, 5.41) is 9.13. The van der Waals surface area contributed by atoms with E-state index >= 15 is 0 Å². The zero-order valence-corrected chi connectivity index (χ0v) is 9.68. The van der Waals surface area contributed by atoms with Crippen LogP contribution in [-0.2, 0) is 0 Å². The van der Waals surface area contributed by atoms with E-state index in [1.807, 2.05) is 0 Å². The van der Waals surface area contributed by atoms with Gasteiger partial charge in [-0.15, -0.1) is 0 Å². The minimum atomic E-state index is -0.985. The standard InChI is InChI=1S/C11H7BrN2O2/c12-9-6-14-5-8(10(9)11(15)16)7-1-3-13-4-2-7/h1-6H,(H,15,16). The molecule has 0 aromatic carbocycles. The first-order valence-corrected chi connectivity index (χ1v) is 5.26. The van der Waals surface area contributed by atoms with Crippen molar-refractivity contribution in [2.24, 2.45) is 0 Å². The molecule has 0 atom stereocenters. The fraction of sp³-hybridized carbons (Fsp3) is 0. The molecule has 1 N–H and O–H groups in total. The van der Waals surface area contributed by atoms with E-state index in [4.69, 9.17) is 5.11 Å². The van der Waals surface area contributed by atoms with Gasteiger partial charge in [0.25, 0.3) is 0 Å². The molecule has 0 aliphatic carbocycles. The Kier molecular flexibility index (Phi) is 2.96. The van der Waals surface area contributed by atoms with Crippen LogP contribution >= 0.6 is 15.9 Å². The van der Waals surface area contributed by atoms with Crippen LogP contribution in [0, 0.1) is 0 Å². The summed E-state index contributed by atoms with van der Waals surface area (Å²) in [4.78, 5) is 19.0. The molecule has 0 bridgehead atoms. The van der Waals surface area contributed by atoms with Crippen LogP contribution in [0.1, 0.15) is 10.4 Å². The summed E-state index contributed by atoms with van der Waals surface area (Å²) >= 11 is 3.19. The molecule has 0 aliphatic heterocycles. The third-order valence-corrected chi connectivity index (χ3v) is 2.71. The average molecular weight is 279 g/mol. The number of carboxylic acid groups (broad SMARTS) is 1. The van der Waals surface area contributed by atoms with Gasteiger partial charge in [-0.1, -0.05) is 0 Å². The minimum absolute atomic E-state index is 0.209. The second-order valence-corrected chi connectivity index (χ2v) is 3.94. The average Bonchev–Trinajstić information content (AvgIpc) is 2.29. The highest BCUT2D eigenvalue weighted by Crippen LogP contribution is 2.27. The summed E-state index contributed by atoms with van der Waals surface area (Å²) in [6, 6.07) is 3.49. The number of rotatable bonds is 2. The van der Waals surface area contributed by atoms with E-state index in [0.29, 0.717) is 10.0 Å². The number of carboxylic acids is 1. The lowest BCUT2D eigenvalue weighted by Crippen LogP contribution is -2.01. The highest BCUT2D eigenvalue weighted by molar-refractivity contribution is 9.10. The number of aromatic nitrogens is 2. The van der Waals surface area contributed by atoms with Gasteiger partial charge in [-0.05, 0) is 33.6 Å². The van der Waals surface area contributed by atoms with Crippen molar-refractivity contribution < 1.29 is 9.90 Å². The molecule has 80 valence electrons. The Labute approximate surface area is 100 Å². The lowest BCUT2D eigenvalue weighted by atomic mass is 10.0. The molecule has 2 aromatic heterocycles. The molecule has 0 saturated carbocycles. The summed E-state index contributed by atoms with van der Waals surface area (Å²) in [6.07, 6.45) is 6.22. The third-order valence-electron chi connectivity index (χ3n) is 2.10. The molecular weight excluding hydrogens is 272 g/mol. The quantitative estimate of drug-likeness (QED) is 0.917. The summed E-state index contributed by atoms with van der Waals surface area (Å²) in [6.45, 7) is 0. The van der Waals surface area contributed by atoms with Gasteiger partial charge in [0.15, 0.2) is 0 Å². The van der Waals surface area contributed by atoms with Crippen molar-refractivity contribution in [3.8, 4) is 11.1 Å². The molecule has 0 saturated heterocycles. The van der Waals surface area contributed by atoms with E-state index in [0.717, 1.165) is 5.56 Å². The molecule has 0 amide bonds. The maximum atomic E-state index is 11.1. The van der Waals surface area contributed by atoms with E-state index in [-0.39, 0.29) is 5.56 Å². The Morgan fingerprint density at radius 1 is 1.19 bits per heavy atom. The van der Waals surface area contributed by atoms with Crippen molar-refractivity contribution >= 4 is 21.9 Å². The van der Waals surface area contributed by atoms with Gasteiger partial charge in [0, 0.05) is 30.4 Å². The van der Waals surface area contributed by atoms with Crippen molar-refractivity contribution in [2.75, 3.05) is 0 Å². The van der Waals surface area contributed by atoms with Crippen LogP contribution in [-0.4, -0.2) is 21.0 Å². The fourth-order valence-corrected chi connectivity index (χ4v) is 1.90. The normalized spacial score (nSPS) is 10.1. The van der Waals surface area contributed by atoms with Crippen LogP contribution in [0.5, 0.6) is 0 Å². The number of carbonyl (C=O) groups is 1. The maximum absolute atomic E-state index is 11.1. The molecule has 0 unspecified atom stereocenters. The van der Waals surface area contributed by atoms with Gasteiger partial charge in [-0.25, -0.2) is 4.79 Å². The first kappa shape index (κ1) is 10.8. The van der Waals surface area contributed by atoms with Crippen LogP contribution in [0.2, 0.25) is 0 Å². The van der Waals surface area contributed by atoms with Gasteiger partial charge in [0.05, 0.1) is 10.0 Å². The SMILES string of the molecule is O=C(O)c1c(Br)cncc1-c1ccncc1. The highest BCUT2D eigenvalue weighted by atomic mass is 79.9. The van der Waals surface area contributed by atoms with Crippen molar-refractivity contribution in [3.63, 3.8) is 0 Å². The van der Waals surface area contributed by atoms with Crippen LogP contribution in [0.3, 0.4) is 0 Å². The lowest BCUT2D eigenvalue weighted by molar-refractivity contribution is 0.0696. The molecule has 0 spiro atoms. The van der Waals surface area contributed by atoms with E-state index in [1.54, 1.807) is 24.5 Å². The van der Waals surface area contributed by atoms with Crippen molar-refractivity contribution in [1.29, 1.82) is 0 Å². The maximum Gasteiger partial charge on any atom is 0.337 e. The highest BCUT2D eigenvalue weighted by Gasteiger charge is 2.15. The summed E-state index contributed by atoms with van der Waals surface area (Å²) < 4.78 is 0.467. The zero-order chi connectivity index (χ0) is 11.5. The topological polar surface area (TPSA) is 63.1 Å². The van der Waals surface area contributed by atoms with Gasteiger partial charge in [-0.3, -0.25) is 9.97 Å². The summed E-state index contributed by atoms with van der Waals surface area (Å²) in [5.41, 5.74) is 1.56. The molecule has 0 aliphatic rings. The molecule has 2 aromatic rings. The Morgan fingerprint density at radius 3 is 2.50 bits per heavy atom. The molecule has 4 nitrogen and oxygen atoms in total. The predicted molar refractivity (Wildman–Crippen MR) is 62.1 cm³/mol. The molecule has 0 radical (unpaired) electrons. The van der Waals surface area contributed by atoms with Crippen LogP contribution in [0.15, 0.2) is 41.4 Å². The molecular formula is C11H7BrN2O2. The van der Waals surface area contributed by atoms with Crippen molar-refractivity contribution in [3.05, 3.63) is 47.0 Å². The number of aromatic carboxylic acids is 1. The Bertz CT molecular complexity index is 529. The van der Waals surface area contributed by atoms with Gasteiger partial charge >= 0.3 is 5.97 Å². The monoisotopic (exact) mass is 278 g/mol. The fourth-order valence-electron chi connectivity index (χ4n) is 1.40. The minimum Gasteiger partial charge on any atom is -0.478 e. The number of hydrogen-bond donors (Lipinski definition) is 1. The Morgan fingerprint density at radius 2 is 1.88 bits per heavy atom. The first-order valence-electron chi connectivity index (χ1n) is 4.47. The molecule has 2 heterocycles. The van der Waals surface area contributed by atoms with Gasteiger partial charge in [0.2, 0.25) is 0 Å². The van der Waals surface area contributed by atoms with Crippen LogP contribution in [0.4, 0.5) is 0 Å². The van der Waals surface area contributed by atoms with E-state index < -0.39 is 5.97 Å². The number of halogens is 1. The summed E-state index contributed by atoms with van der Waals surface area (Å²) in [5.74, 6) is -0.985. The van der Waals surface area contributed by atoms with E-state index in [2.05, 4.69) is 25.9 Å². The number of nitrogens with zero attached hydrogens (tertiary/aromatic N) is 2. The van der Waals surface area contributed by atoms with E-state index in [9.17, 15) is 4.79 Å². The largest absolute Gasteiger partial charge is 0.478 e. The second kappa shape index (κ2) is 4.40. The molecule has 0 fully saturated rings. The van der Waals surface area contributed by atoms with E-state index in [1.165, 1.54) is 12.4 Å². The first-order chi connectivity index (χ1) is 7.70. The second-order valence-electron chi connectivity index (χ2n) is 3.08. The van der Waals surface area contributed by atoms with Crippen LogP contribution < -0.4 is 0 Å². The van der Waals surface area contributed by atoms with Crippen LogP contribution in [0.25, 0.3) is 11.1 Å². The van der Waals surface area contributed by atoms with Crippen molar-refractivity contribution in [2.45, 2.75) is 0 Å². The Hall–Kier alpha value is -1.75. The molecule has 2 rings (SSSR count). The third kappa shape index (κ3) is 1.94. The Balaban J connectivity index is 2.66.